The molecule has 0 radical (unpaired) electrons. The quantitative estimate of drug-likeness (QED) is 0.639. The Morgan fingerprint density at radius 3 is 2.58 bits per heavy atom. The molecule has 0 saturated heterocycles. The Hall–Kier alpha value is -1.23. The summed E-state index contributed by atoms with van der Waals surface area (Å²) in [6.45, 7) is 0.588. The van der Waals surface area contributed by atoms with E-state index in [0.717, 1.165) is 23.4 Å². The van der Waals surface area contributed by atoms with Gasteiger partial charge < -0.3 is 5.32 Å². The van der Waals surface area contributed by atoms with Crippen molar-refractivity contribution >= 4 is 40.9 Å². The average Bonchev–Trinajstić information content (AvgIpc) is 2.56. The van der Waals surface area contributed by atoms with E-state index < -0.39 is 0 Å². The zero-order valence-electron chi connectivity index (χ0n) is 13.0. The van der Waals surface area contributed by atoms with Crippen LogP contribution in [0.3, 0.4) is 0 Å². The van der Waals surface area contributed by atoms with Gasteiger partial charge in [-0.1, -0.05) is 47.5 Å². The van der Waals surface area contributed by atoms with Gasteiger partial charge in [0.25, 0.3) is 0 Å². The van der Waals surface area contributed by atoms with Gasteiger partial charge in [0.05, 0.1) is 5.75 Å². The Bertz CT molecular complexity index is 676. The molecular weight excluding hydrogens is 368 g/mol. The smallest absolute Gasteiger partial charge is 0.230 e. The number of halogens is 3. The summed E-state index contributed by atoms with van der Waals surface area (Å²) in [5.41, 5.74) is 1.52. The van der Waals surface area contributed by atoms with Crippen LogP contribution in [0.4, 0.5) is 4.39 Å². The lowest BCUT2D eigenvalue weighted by Crippen LogP contribution is -2.26. The lowest BCUT2D eigenvalue weighted by atomic mass is 10.1. The minimum absolute atomic E-state index is 0.0633. The maximum absolute atomic E-state index is 13.6. The van der Waals surface area contributed by atoms with Crippen LogP contribution in [0, 0.1) is 5.82 Å². The molecule has 2 aromatic rings. The Morgan fingerprint density at radius 1 is 1.08 bits per heavy atom. The first kappa shape index (κ1) is 19.1. The van der Waals surface area contributed by atoms with Crippen LogP contribution in [0.5, 0.6) is 0 Å². The minimum atomic E-state index is -0.338. The highest BCUT2D eigenvalue weighted by Gasteiger charge is 2.08. The van der Waals surface area contributed by atoms with Gasteiger partial charge in [0.1, 0.15) is 5.82 Å². The molecule has 0 unspecified atom stereocenters. The van der Waals surface area contributed by atoms with Crippen LogP contribution in [0.15, 0.2) is 42.5 Å². The molecule has 0 bridgehead atoms. The van der Waals surface area contributed by atoms with E-state index in [9.17, 15) is 9.18 Å². The summed E-state index contributed by atoms with van der Waals surface area (Å²) in [4.78, 5) is 11.8. The average molecular weight is 386 g/mol. The van der Waals surface area contributed by atoms with E-state index in [2.05, 4.69) is 5.32 Å². The highest BCUT2D eigenvalue weighted by atomic mass is 35.5. The molecule has 0 saturated carbocycles. The normalized spacial score (nSPS) is 10.6. The Labute approximate surface area is 155 Å². The Morgan fingerprint density at radius 2 is 1.83 bits per heavy atom. The number of amides is 1. The largest absolute Gasteiger partial charge is 0.355 e. The van der Waals surface area contributed by atoms with E-state index >= 15 is 0 Å². The van der Waals surface area contributed by atoms with E-state index in [1.165, 1.54) is 17.8 Å². The van der Waals surface area contributed by atoms with Crippen molar-refractivity contribution in [2.75, 3.05) is 12.3 Å². The van der Waals surface area contributed by atoms with Crippen molar-refractivity contribution in [2.45, 2.75) is 18.6 Å². The zero-order chi connectivity index (χ0) is 17.4. The zero-order valence-corrected chi connectivity index (χ0v) is 15.4. The number of nitrogens with one attached hydrogen (secondary N) is 1. The van der Waals surface area contributed by atoms with Crippen LogP contribution in [0.2, 0.25) is 10.0 Å². The van der Waals surface area contributed by atoms with E-state index in [1.54, 1.807) is 12.1 Å². The SMILES string of the molecule is O=C(CSCc1c(F)cccc1Cl)NCCCc1ccccc1Cl. The van der Waals surface area contributed by atoms with Crippen molar-refractivity contribution < 1.29 is 9.18 Å². The number of hydrogen-bond donors (Lipinski definition) is 1. The second kappa shape index (κ2) is 9.92. The number of carbonyl (C=O) groups is 1. The minimum Gasteiger partial charge on any atom is -0.355 e. The molecule has 2 nitrogen and oxygen atoms in total. The highest BCUT2D eigenvalue weighted by molar-refractivity contribution is 7.99. The fraction of sp³-hybridized carbons (Fsp3) is 0.278. The molecule has 0 aromatic heterocycles. The first-order valence-corrected chi connectivity index (χ1v) is 9.49. The molecule has 0 aliphatic heterocycles. The van der Waals surface area contributed by atoms with Gasteiger partial charge in [0.15, 0.2) is 0 Å². The number of aryl methyl sites for hydroxylation is 1. The topological polar surface area (TPSA) is 29.1 Å². The maximum atomic E-state index is 13.6. The number of carbonyl (C=O) groups excluding carboxylic acids is 1. The van der Waals surface area contributed by atoms with Gasteiger partial charge in [-0.3, -0.25) is 4.79 Å². The van der Waals surface area contributed by atoms with Crippen molar-refractivity contribution in [1.82, 2.24) is 5.32 Å². The van der Waals surface area contributed by atoms with E-state index in [0.29, 0.717) is 22.9 Å². The molecule has 0 aliphatic rings. The van der Waals surface area contributed by atoms with E-state index in [1.807, 2.05) is 24.3 Å². The van der Waals surface area contributed by atoms with Crippen LogP contribution in [0.1, 0.15) is 17.5 Å². The third-order valence-electron chi connectivity index (χ3n) is 3.44. The first-order chi connectivity index (χ1) is 11.6. The van der Waals surface area contributed by atoms with Crippen LogP contribution >= 0.6 is 35.0 Å². The summed E-state index contributed by atoms with van der Waals surface area (Å²) < 4.78 is 13.6. The summed E-state index contributed by atoms with van der Waals surface area (Å²) in [5.74, 6) is 0.247. The van der Waals surface area contributed by atoms with Crippen molar-refractivity contribution in [2.24, 2.45) is 0 Å². The summed E-state index contributed by atoms with van der Waals surface area (Å²) in [6.07, 6.45) is 1.64. The van der Waals surface area contributed by atoms with Gasteiger partial charge >= 0.3 is 0 Å². The van der Waals surface area contributed by atoms with E-state index in [-0.39, 0.29) is 17.5 Å². The van der Waals surface area contributed by atoms with Gasteiger partial charge in [0, 0.05) is 27.9 Å². The number of rotatable bonds is 8. The molecule has 0 heterocycles. The molecule has 0 atom stereocenters. The second-order valence-corrected chi connectivity index (χ2v) is 7.04. The Kier molecular flexibility index (Phi) is 7.89. The maximum Gasteiger partial charge on any atom is 0.230 e. The van der Waals surface area contributed by atoms with Gasteiger partial charge in [-0.2, -0.15) is 0 Å². The van der Waals surface area contributed by atoms with Crippen LogP contribution in [-0.2, 0) is 17.0 Å². The molecule has 24 heavy (non-hydrogen) atoms. The van der Waals surface area contributed by atoms with Crippen LogP contribution in [0.25, 0.3) is 0 Å². The molecule has 0 aliphatic carbocycles. The van der Waals surface area contributed by atoms with E-state index in [4.69, 9.17) is 23.2 Å². The molecule has 6 heteroatoms. The number of hydrogen-bond acceptors (Lipinski definition) is 2. The highest BCUT2D eigenvalue weighted by Crippen LogP contribution is 2.23. The summed E-state index contributed by atoms with van der Waals surface area (Å²) in [6, 6.07) is 12.3. The lowest BCUT2D eigenvalue weighted by Gasteiger charge is -2.07. The van der Waals surface area contributed by atoms with Gasteiger partial charge in [-0.05, 0) is 36.6 Å². The number of thioether (sulfide) groups is 1. The molecule has 0 fully saturated rings. The monoisotopic (exact) mass is 385 g/mol. The lowest BCUT2D eigenvalue weighted by molar-refractivity contribution is -0.118. The molecule has 1 amide bonds. The van der Waals surface area contributed by atoms with Crippen LogP contribution in [-0.4, -0.2) is 18.2 Å². The fourth-order valence-corrected chi connectivity index (χ4v) is 3.60. The standard InChI is InChI=1S/C18H18Cl2FNOS/c19-15-7-2-1-5-13(15)6-4-10-22-18(23)12-24-11-14-16(20)8-3-9-17(14)21/h1-3,5,7-9H,4,6,10-12H2,(H,22,23). The molecule has 2 rings (SSSR count). The molecule has 1 N–H and O–H groups in total. The predicted octanol–water partition coefficient (Wildman–Crippen LogP) is 5.11. The second-order valence-electron chi connectivity index (χ2n) is 5.24. The number of benzene rings is 2. The molecule has 2 aromatic carbocycles. The third-order valence-corrected chi connectivity index (χ3v) is 5.13. The molecule has 128 valence electrons. The summed E-state index contributed by atoms with van der Waals surface area (Å²) in [5, 5.41) is 4.00. The summed E-state index contributed by atoms with van der Waals surface area (Å²) in [7, 11) is 0. The summed E-state index contributed by atoms with van der Waals surface area (Å²) >= 11 is 13.4. The van der Waals surface area contributed by atoms with Crippen molar-refractivity contribution in [3.8, 4) is 0 Å². The van der Waals surface area contributed by atoms with Crippen molar-refractivity contribution in [3.63, 3.8) is 0 Å². The predicted molar refractivity (Wildman–Crippen MR) is 100 cm³/mol. The third kappa shape index (κ3) is 6.00. The Balaban J connectivity index is 1.64. The fourth-order valence-electron chi connectivity index (χ4n) is 2.17. The molecule has 0 spiro atoms. The van der Waals surface area contributed by atoms with Crippen molar-refractivity contribution in [3.05, 3.63) is 69.5 Å². The van der Waals surface area contributed by atoms with Gasteiger partial charge in [-0.15, -0.1) is 11.8 Å². The first-order valence-electron chi connectivity index (χ1n) is 7.58. The van der Waals surface area contributed by atoms with Gasteiger partial charge in [0.2, 0.25) is 5.91 Å². The van der Waals surface area contributed by atoms with Crippen molar-refractivity contribution in [1.29, 1.82) is 0 Å². The van der Waals surface area contributed by atoms with Crippen LogP contribution < -0.4 is 5.32 Å². The van der Waals surface area contributed by atoms with Gasteiger partial charge in [-0.25, -0.2) is 4.39 Å². The molecular formula is C18H18Cl2FNOS.